The Morgan fingerprint density at radius 3 is 2.62 bits per heavy atom. The SMILES string of the molecule is Cn1cc(S(=O)(=O)N[C@@H](CNC(=O)C[C@H]2CC(c3ccc(N=C(N)N)cc3)=NO2)C(=O)O)cn1. The van der Waals surface area contributed by atoms with Crippen LogP contribution < -0.4 is 21.5 Å². The third-order valence-electron chi connectivity index (χ3n) is 4.70. The largest absolute Gasteiger partial charge is 0.480 e. The van der Waals surface area contributed by atoms with Gasteiger partial charge in [-0.05, 0) is 17.7 Å². The molecule has 0 fully saturated rings. The molecule has 1 aromatic carbocycles. The molecule has 1 amide bonds. The van der Waals surface area contributed by atoms with E-state index in [0.717, 1.165) is 11.8 Å². The number of nitrogens with two attached hydrogens (primary N) is 2. The molecule has 1 aliphatic heterocycles. The summed E-state index contributed by atoms with van der Waals surface area (Å²) in [5, 5.41) is 19.5. The van der Waals surface area contributed by atoms with Gasteiger partial charge in [0.1, 0.15) is 17.0 Å². The van der Waals surface area contributed by atoms with Crippen LogP contribution in [0.4, 0.5) is 5.69 Å². The van der Waals surface area contributed by atoms with Gasteiger partial charge in [-0.1, -0.05) is 17.3 Å². The van der Waals surface area contributed by atoms with Crippen LogP contribution >= 0.6 is 0 Å². The van der Waals surface area contributed by atoms with Gasteiger partial charge in [0.05, 0.1) is 24.0 Å². The average Bonchev–Trinajstić information content (AvgIpc) is 3.40. The zero-order valence-corrected chi connectivity index (χ0v) is 18.9. The molecule has 34 heavy (non-hydrogen) atoms. The molecule has 0 saturated heterocycles. The minimum Gasteiger partial charge on any atom is -0.480 e. The molecule has 0 aliphatic carbocycles. The van der Waals surface area contributed by atoms with Crippen molar-refractivity contribution >= 4 is 39.3 Å². The van der Waals surface area contributed by atoms with Gasteiger partial charge < -0.3 is 26.7 Å². The van der Waals surface area contributed by atoms with Crippen LogP contribution in [-0.2, 0) is 31.5 Å². The van der Waals surface area contributed by atoms with Gasteiger partial charge >= 0.3 is 5.97 Å². The third kappa shape index (κ3) is 6.52. The van der Waals surface area contributed by atoms with Crippen LogP contribution in [0.15, 0.2) is 51.7 Å². The van der Waals surface area contributed by atoms with Crippen LogP contribution in [0.5, 0.6) is 0 Å². The minimum atomic E-state index is -4.13. The first-order valence-corrected chi connectivity index (χ1v) is 11.4. The van der Waals surface area contributed by atoms with Crippen LogP contribution in [0.25, 0.3) is 0 Å². The number of guanidine groups is 1. The standard InChI is InChI=1S/C19H24N8O6S/c1-27-10-14(8-23-27)34(31,32)26-16(18(29)30)9-22-17(28)7-13-6-15(25-33-13)11-2-4-12(5-3-11)24-19(20)21/h2-5,8,10,13,16,26H,6-7,9H2,1H3,(H,22,28)(H,29,30)(H4,20,21,24)/t13-,16+/m1/s1. The number of amides is 1. The lowest BCUT2D eigenvalue weighted by molar-refractivity contribution is -0.138. The quantitative estimate of drug-likeness (QED) is 0.197. The highest BCUT2D eigenvalue weighted by Crippen LogP contribution is 2.21. The number of aromatic nitrogens is 2. The first-order valence-electron chi connectivity index (χ1n) is 9.96. The zero-order valence-electron chi connectivity index (χ0n) is 18.1. The summed E-state index contributed by atoms with van der Waals surface area (Å²) in [7, 11) is -2.61. The molecule has 1 aliphatic rings. The van der Waals surface area contributed by atoms with E-state index in [1.165, 1.54) is 17.9 Å². The molecule has 14 nitrogen and oxygen atoms in total. The van der Waals surface area contributed by atoms with E-state index in [9.17, 15) is 23.1 Å². The van der Waals surface area contributed by atoms with Crippen LogP contribution in [0.1, 0.15) is 18.4 Å². The van der Waals surface area contributed by atoms with Gasteiger partial charge in [-0.15, -0.1) is 0 Å². The minimum absolute atomic E-state index is 0.0598. The molecular weight excluding hydrogens is 468 g/mol. The monoisotopic (exact) mass is 492 g/mol. The second-order valence-corrected chi connectivity index (χ2v) is 9.14. The molecule has 0 unspecified atom stereocenters. The molecule has 182 valence electrons. The molecule has 0 spiro atoms. The van der Waals surface area contributed by atoms with Gasteiger partial charge in [0.25, 0.3) is 0 Å². The number of rotatable bonds is 10. The molecule has 15 heteroatoms. The van der Waals surface area contributed by atoms with Gasteiger partial charge in [-0.3, -0.25) is 14.3 Å². The van der Waals surface area contributed by atoms with Crippen molar-refractivity contribution in [3.05, 3.63) is 42.2 Å². The van der Waals surface area contributed by atoms with Gasteiger partial charge in [-0.2, -0.15) is 9.82 Å². The Kier molecular flexibility index (Phi) is 7.47. The number of hydrogen-bond acceptors (Lipinski definition) is 8. The van der Waals surface area contributed by atoms with Crippen LogP contribution in [0.2, 0.25) is 0 Å². The number of carbonyl (C=O) groups excluding carboxylic acids is 1. The van der Waals surface area contributed by atoms with Crippen molar-refractivity contribution < 1.29 is 28.0 Å². The Labute approximate surface area is 194 Å². The van der Waals surface area contributed by atoms with E-state index in [1.54, 1.807) is 24.3 Å². The smallest absolute Gasteiger partial charge is 0.323 e. The van der Waals surface area contributed by atoms with Crippen molar-refractivity contribution in [1.82, 2.24) is 19.8 Å². The lowest BCUT2D eigenvalue weighted by Crippen LogP contribution is -2.48. The number of carboxylic acids is 1. The topological polar surface area (TPSA) is 216 Å². The van der Waals surface area contributed by atoms with Crippen molar-refractivity contribution in [1.29, 1.82) is 0 Å². The van der Waals surface area contributed by atoms with E-state index in [2.05, 4.69) is 20.6 Å². The normalized spacial score (nSPS) is 16.3. The first-order chi connectivity index (χ1) is 16.0. The summed E-state index contributed by atoms with van der Waals surface area (Å²) in [6.07, 6.45) is 2.01. The van der Waals surface area contributed by atoms with Crippen LogP contribution in [0.3, 0.4) is 0 Å². The Hall–Kier alpha value is -3.98. The number of oxime groups is 1. The molecule has 0 saturated carbocycles. The highest BCUT2D eigenvalue weighted by Gasteiger charge is 2.28. The Bertz CT molecular complexity index is 1220. The van der Waals surface area contributed by atoms with Gasteiger partial charge in [0.15, 0.2) is 5.96 Å². The summed E-state index contributed by atoms with van der Waals surface area (Å²) in [6, 6.07) is 5.36. The summed E-state index contributed by atoms with van der Waals surface area (Å²) in [4.78, 5) is 32.8. The second-order valence-electron chi connectivity index (χ2n) is 7.42. The maximum Gasteiger partial charge on any atom is 0.323 e. The Morgan fingerprint density at radius 1 is 1.32 bits per heavy atom. The Morgan fingerprint density at radius 2 is 2.03 bits per heavy atom. The van der Waals surface area contributed by atoms with E-state index in [4.69, 9.17) is 16.3 Å². The summed E-state index contributed by atoms with van der Waals surface area (Å²) in [6.45, 7) is -0.458. The fraction of sp³-hybridized carbons (Fsp3) is 0.316. The van der Waals surface area contributed by atoms with Crippen molar-refractivity contribution in [2.75, 3.05) is 6.54 Å². The number of sulfonamides is 1. The number of aliphatic imine (C=N–C) groups is 1. The molecule has 2 heterocycles. The van der Waals surface area contributed by atoms with Crippen LogP contribution in [-0.4, -0.2) is 65.5 Å². The number of nitrogens with zero attached hydrogens (tertiary/aromatic N) is 4. The molecular formula is C19H24N8O6S. The van der Waals surface area contributed by atoms with Crippen molar-refractivity contribution in [2.45, 2.75) is 29.9 Å². The van der Waals surface area contributed by atoms with E-state index in [0.29, 0.717) is 17.8 Å². The number of hydrogen-bond donors (Lipinski definition) is 5. The van der Waals surface area contributed by atoms with E-state index in [-0.39, 0.29) is 17.3 Å². The number of aliphatic carboxylic acids is 1. The van der Waals surface area contributed by atoms with Gasteiger partial charge in [0, 0.05) is 26.2 Å². The van der Waals surface area contributed by atoms with Crippen molar-refractivity contribution in [3.63, 3.8) is 0 Å². The predicted molar refractivity (Wildman–Crippen MR) is 121 cm³/mol. The number of carboxylic acid groups (broad SMARTS) is 1. The first kappa shape index (κ1) is 24.7. The molecule has 2 atom stereocenters. The van der Waals surface area contributed by atoms with Gasteiger partial charge in [0.2, 0.25) is 15.9 Å². The second kappa shape index (κ2) is 10.3. The molecule has 3 rings (SSSR count). The third-order valence-corrected chi connectivity index (χ3v) is 6.12. The average molecular weight is 493 g/mol. The summed E-state index contributed by atoms with van der Waals surface area (Å²) in [5.41, 5.74) is 12.7. The predicted octanol–water partition coefficient (Wildman–Crippen LogP) is -1.24. The molecule has 7 N–H and O–H groups in total. The lowest BCUT2D eigenvalue weighted by Gasteiger charge is -2.15. The van der Waals surface area contributed by atoms with E-state index >= 15 is 0 Å². The number of benzene rings is 1. The molecule has 0 bridgehead atoms. The maximum absolute atomic E-state index is 12.3. The highest BCUT2D eigenvalue weighted by molar-refractivity contribution is 7.89. The lowest BCUT2D eigenvalue weighted by atomic mass is 10.0. The molecule has 0 radical (unpaired) electrons. The summed E-state index contributed by atoms with van der Waals surface area (Å²) < 4.78 is 28.0. The van der Waals surface area contributed by atoms with Crippen molar-refractivity contribution in [3.8, 4) is 0 Å². The molecule has 2 aromatic rings. The Balaban J connectivity index is 1.50. The summed E-state index contributed by atoms with van der Waals surface area (Å²) in [5.74, 6) is -2.02. The number of nitrogens with one attached hydrogen (secondary N) is 2. The van der Waals surface area contributed by atoms with Crippen molar-refractivity contribution in [2.24, 2.45) is 28.7 Å². The number of carbonyl (C=O) groups is 2. The molecule has 1 aromatic heterocycles. The highest BCUT2D eigenvalue weighted by atomic mass is 32.2. The number of aryl methyl sites for hydroxylation is 1. The van der Waals surface area contributed by atoms with Gasteiger partial charge in [-0.25, -0.2) is 13.4 Å². The fourth-order valence-electron chi connectivity index (χ4n) is 3.05. The maximum atomic E-state index is 12.3. The fourth-order valence-corrected chi connectivity index (χ4v) is 4.22. The summed E-state index contributed by atoms with van der Waals surface area (Å²) >= 11 is 0. The van der Waals surface area contributed by atoms with E-state index < -0.39 is 40.6 Å². The van der Waals surface area contributed by atoms with E-state index in [1.807, 2.05) is 4.72 Å². The van der Waals surface area contributed by atoms with Crippen LogP contribution in [0, 0.1) is 0 Å². The zero-order chi connectivity index (χ0) is 24.9.